The van der Waals surface area contributed by atoms with Gasteiger partial charge in [0, 0.05) is 44.2 Å². The van der Waals surface area contributed by atoms with E-state index in [2.05, 4.69) is 0 Å². The molecule has 2 rings (SSSR count). The fourth-order valence-electron chi connectivity index (χ4n) is 3.10. The summed E-state index contributed by atoms with van der Waals surface area (Å²) in [7, 11) is 0. The lowest BCUT2D eigenvalue weighted by molar-refractivity contribution is -0.133. The quantitative estimate of drug-likeness (QED) is 0.802. The van der Waals surface area contributed by atoms with Crippen LogP contribution in [0.4, 0.5) is 18.0 Å². The molecule has 0 spiro atoms. The van der Waals surface area contributed by atoms with Crippen LogP contribution in [0.5, 0.6) is 0 Å². The minimum absolute atomic E-state index is 0.0270. The van der Waals surface area contributed by atoms with E-state index in [1.54, 1.807) is 25.7 Å². The van der Waals surface area contributed by atoms with E-state index in [0.29, 0.717) is 32.7 Å². The molecule has 6 nitrogen and oxygen atoms in total. The molecule has 27 heavy (non-hydrogen) atoms. The molecule has 1 amide bonds. The molecule has 0 radical (unpaired) electrons. The number of alkyl halides is 3. The first kappa shape index (κ1) is 21.3. The Morgan fingerprint density at radius 3 is 2.26 bits per heavy atom. The lowest BCUT2D eigenvalue weighted by Crippen LogP contribution is -2.51. The van der Waals surface area contributed by atoms with E-state index in [1.165, 1.54) is 0 Å². The second kappa shape index (κ2) is 7.92. The predicted octanol–water partition coefficient (Wildman–Crippen LogP) is 3.06. The highest BCUT2D eigenvalue weighted by Gasteiger charge is 2.37. The van der Waals surface area contributed by atoms with Gasteiger partial charge in [0.2, 0.25) is 0 Å². The van der Waals surface area contributed by atoms with Crippen LogP contribution in [0.3, 0.4) is 0 Å². The predicted molar refractivity (Wildman–Crippen MR) is 92.2 cm³/mol. The zero-order chi connectivity index (χ0) is 20.4. The number of allylic oxidation sites excluding steroid dienone is 3. The van der Waals surface area contributed by atoms with Crippen LogP contribution in [0.25, 0.3) is 0 Å². The third kappa shape index (κ3) is 5.98. The van der Waals surface area contributed by atoms with Gasteiger partial charge in [0.25, 0.3) is 0 Å². The van der Waals surface area contributed by atoms with Crippen molar-refractivity contribution in [2.24, 2.45) is 5.92 Å². The Morgan fingerprint density at radius 2 is 1.78 bits per heavy atom. The topological polar surface area (TPSA) is 70.1 Å². The van der Waals surface area contributed by atoms with E-state index >= 15 is 0 Å². The summed E-state index contributed by atoms with van der Waals surface area (Å²) in [5.74, 6) is -1.84. The number of halogens is 3. The van der Waals surface area contributed by atoms with Crippen LogP contribution in [-0.4, -0.2) is 71.5 Å². The molecular formula is C18H25F3N2O4. The molecular weight excluding hydrogens is 365 g/mol. The zero-order valence-electron chi connectivity index (χ0n) is 15.7. The molecule has 0 aromatic heterocycles. The number of nitrogens with zero attached hydrogens (tertiary/aromatic N) is 2. The summed E-state index contributed by atoms with van der Waals surface area (Å²) in [6.45, 7) is 7.57. The van der Waals surface area contributed by atoms with E-state index in [-0.39, 0.29) is 12.0 Å². The maximum Gasteiger partial charge on any atom is 0.416 e. The Kier molecular flexibility index (Phi) is 6.24. The first-order valence-electron chi connectivity index (χ1n) is 8.79. The maximum atomic E-state index is 12.8. The lowest BCUT2D eigenvalue weighted by Gasteiger charge is -2.37. The lowest BCUT2D eigenvalue weighted by atomic mass is 9.87. The van der Waals surface area contributed by atoms with Crippen molar-refractivity contribution in [2.45, 2.75) is 39.0 Å². The van der Waals surface area contributed by atoms with Crippen LogP contribution in [-0.2, 0) is 9.53 Å². The summed E-state index contributed by atoms with van der Waals surface area (Å²) in [5, 5.41) is 9.29. The Balaban J connectivity index is 1.93. The highest BCUT2D eigenvalue weighted by Crippen LogP contribution is 2.34. The zero-order valence-corrected chi connectivity index (χ0v) is 15.7. The number of hydrogen-bond acceptors (Lipinski definition) is 4. The SMILES string of the molecule is CC(C)(C)OC(=O)N1CCN(CC2CC=C(C(F)(F)F)C=C2C(=O)O)CC1. The van der Waals surface area contributed by atoms with Gasteiger partial charge in [0.1, 0.15) is 5.60 Å². The van der Waals surface area contributed by atoms with Gasteiger partial charge in [-0.05, 0) is 33.3 Å². The highest BCUT2D eigenvalue weighted by atomic mass is 19.4. The third-order valence-corrected chi connectivity index (χ3v) is 4.45. The largest absolute Gasteiger partial charge is 0.478 e. The Labute approximate surface area is 156 Å². The Morgan fingerprint density at radius 1 is 1.19 bits per heavy atom. The number of amides is 1. The van der Waals surface area contributed by atoms with Crippen LogP contribution in [0.1, 0.15) is 27.2 Å². The smallest absolute Gasteiger partial charge is 0.416 e. The number of carbonyl (C=O) groups excluding carboxylic acids is 1. The van der Waals surface area contributed by atoms with Crippen molar-refractivity contribution < 1.29 is 32.6 Å². The van der Waals surface area contributed by atoms with Gasteiger partial charge in [-0.2, -0.15) is 13.2 Å². The summed E-state index contributed by atoms with van der Waals surface area (Å²) in [6, 6.07) is 0. The van der Waals surface area contributed by atoms with Crippen molar-refractivity contribution in [3.8, 4) is 0 Å². The van der Waals surface area contributed by atoms with Crippen molar-refractivity contribution in [2.75, 3.05) is 32.7 Å². The maximum absolute atomic E-state index is 12.8. The van der Waals surface area contributed by atoms with E-state index in [9.17, 15) is 27.9 Å². The second-order valence-corrected chi connectivity index (χ2v) is 7.76. The summed E-state index contributed by atoms with van der Waals surface area (Å²) in [6.07, 6.45) is -3.14. The normalized spacial score (nSPS) is 22.1. The van der Waals surface area contributed by atoms with Crippen molar-refractivity contribution in [1.29, 1.82) is 0 Å². The molecule has 1 saturated heterocycles. The molecule has 9 heteroatoms. The van der Waals surface area contributed by atoms with Gasteiger partial charge in [0.05, 0.1) is 5.57 Å². The first-order chi connectivity index (χ1) is 12.4. The fourth-order valence-corrected chi connectivity index (χ4v) is 3.10. The summed E-state index contributed by atoms with van der Waals surface area (Å²) in [5.41, 5.74) is -1.72. The molecule has 1 aliphatic heterocycles. The number of carboxylic acids is 1. The van der Waals surface area contributed by atoms with Crippen LogP contribution < -0.4 is 0 Å². The third-order valence-electron chi connectivity index (χ3n) is 4.45. The summed E-state index contributed by atoms with van der Waals surface area (Å²) in [4.78, 5) is 27.0. The van der Waals surface area contributed by atoms with E-state index < -0.39 is 35.3 Å². The number of carboxylic acid groups (broad SMARTS) is 1. The molecule has 1 unspecified atom stereocenters. The average molecular weight is 390 g/mol. The molecule has 0 bridgehead atoms. The molecule has 0 aromatic rings. The van der Waals surface area contributed by atoms with Gasteiger partial charge in [-0.25, -0.2) is 9.59 Å². The number of hydrogen-bond donors (Lipinski definition) is 1. The molecule has 1 aliphatic carbocycles. The minimum Gasteiger partial charge on any atom is -0.478 e. The molecule has 2 aliphatic rings. The second-order valence-electron chi connectivity index (χ2n) is 7.76. The number of ether oxygens (including phenoxy) is 1. The number of carbonyl (C=O) groups is 2. The minimum atomic E-state index is -4.55. The van der Waals surface area contributed by atoms with Crippen LogP contribution in [0.2, 0.25) is 0 Å². The fraction of sp³-hybridized carbons (Fsp3) is 0.667. The molecule has 1 atom stereocenters. The molecule has 152 valence electrons. The van der Waals surface area contributed by atoms with Crippen molar-refractivity contribution in [3.63, 3.8) is 0 Å². The van der Waals surface area contributed by atoms with Crippen LogP contribution in [0, 0.1) is 5.92 Å². The molecule has 0 saturated carbocycles. The molecule has 1 N–H and O–H groups in total. The van der Waals surface area contributed by atoms with Gasteiger partial charge in [-0.15, -0.1) is 0 Å². The van der Waals surface area contributed by atoms with E-state index in [0.717, 1.165) is 12.2 Å². The van der Waals surface area contributed by atoms with Gasteiger partial charge >= 0.3 is 18.2 Å². The van der Waals surface area contributed by atoms with Crippen LogP contribution >= 0.6 is 0 Å². The van der Waals surface area contributed by atoms with Gasteiger partial charge in [0.15, 0.2) is 0 Å². The Hall–Kier alpha value is -2.03. The van der Waals surface area contributed by atoms with Crippen molar-refractivity contribution in [3.05, 3.63) is 23.3 Å². The average Bonchev–Trinajstić information content (AvgIpc) is 2.53. The van der Waals surface area contributed by atoms with Crippen molar-refractivity contribution >= 4 is 12.1 Å². The van der Waals surface area contributed by atoms with Gasteiger partial charge < -0.3 is 14.7 Å². The van der Waals surface area contributed by atoms with Crippen LogP contribution in [0.15, 0.2) is 23.3 Å². The van der Waals surface area contributed by atoms with E-state index in [4.69, 9.17) is 4.74 Å². The van der Waals surface area contributed by atoms with Gasteiger partial charge in [-0.3, -0.25) is 4.90 Å². The number of aliphatic carboxylic acids is 1. The molecule has 0 aromatic carbocycles. The highest BCUT2D eigenvalue weighted by molar-refractivity contribution is 5.88. The molecule has 1 heterocycles. The first-order valence-corrected chi connectivity index (χ1v) is 8.79. The molecule has 1 fully saturated rings. The summed E-state index contributed by atoms with van der Waals surface area (Å²) >= 11 is 0. The van der Waals surface area contributed by atoms with Crippen molar-refractivity contribution in [1.82, 2.24) is 9.80 Å². The summed E-state index contributed by atoms with van der Waals surface area (Å²) < 4.78 is 43.8. The van der Waals surface area contributed by atoms with E-state index in [1.807, 2.05) is 4.90 Å². The number of rotatable bonds is 3. The Bertz CT molecular complexity index is 642. The standard InChI is InChI=1S/C18H25F3N2O4/c1-17(2,3)27-16(26)23-8-6-22(7-9-23)11-12-4-5-13(18(19,20)21)10-14(12)15(24)25/h5,10,12H,4,6-9,11H2,1-3H3,(H,24,25). The number of piperazine rings is 1. The van der Waals surface area contributed by atoms with Gasteiger partial charge in [-0.1, -0.05) is 6.08 Å². The monoisotopic (exact) mass is 390 g/mol.